The lowest BCUT2D eigenvalue weighted by atomic mass is 10.2. The van der Waals surface area contributed by atoms with E-state index in [9.17, 15) is 13.2 Å². The summed E-state index contributed by atoms with van der Waals surface area (Å²) in [6.45, 7) is 2.64. The number of hydrogen-bond donors (Lipinski definition) is 2. The van der Waals surface area contributed by atoms with Gasteiger partial charge in [-0.15, -0.1) is 0 Å². The number of halogens is 4. The Morgan fingerprint density at radius 1 is 1.21 bits per heavy atom. The van der Waals surface area contributed by atoms with Crippen molar-refractivity contribution in [2.24, 2.45) is 0 Å². The Kier molecular flexibility index (Phi) is 4.67. The van der Waals surface area contributed by atoms with E-state index in [2.05, 4.69) is 36.5 Å². The molecule has 2 aromatic rings. The molecule has 0 unspecified atom stereocenters. The van der Waals surface area contributed by atoms with Crippen LogP contribution >= 0.6 is 15.9 Å². The summed E-state index contributed by atoms with van der Waals surface area (Å²) in [6, 6.07) is 5.33. The zero-order valence-electron chi connectivity index (χ0n) is 12.9. The van der Waals surface area contributed by atoms with Crippen molar-refractivity contribution in [2.75, 3.05) is 17.2 Å². The fourth-order valence-electron chi connectivity index (χ4n) is 2.29. The molecule has 0 aliphatic heterocycles. The Morgan fingerprint density at radius 2 is 1.96 bits per heavy atom. The lowest BCUT2D eigenvalue weighted by Gasteiger charge is -2.13. The van der Waals surface area contributed by atoms with Crippen molar-refractivity contribution >= 4 is 33.4 Å². The maximum absolute atomic E-state index is 12.7. The highest BCUT2D eigenvalue weighted by atomic mass is 79.9. The van der Waals surface area contributed by atoms with Crippen molar-refractivity contribution in [1.29, 1.82) is 0 Å². The third-order valence-corrected chi connectivity index (χ3v) is 4.29. The van der Waals surface area contributed by atoms with Crippen LogP contribution in [0.25, 0.3) is 0 Å². The Bertz CT molecular complexity index is 745. The van der Waals surface area contributed by atoms with Crippen LogP contribution in [-0.4, -0.2) is 16.5 Å². The van der Waals surface area contributed by atoms with Gasteiger partial charge in [0.05, 0.1) is 16.9 Å². The molecule has 2 N–H and O–H groups in total. The molecule has 0 bridgehead atoms. The van der Waals surface area contributed by atoms with Crippen molar-refractivity contribution in [3.8, 4) is 0 Å². The Balaban J connectivity index is 1.87. The molecule has 1 aliphatic carbocycles. The summed E-state index contributed by atoms with van der Waals surface area (Å²) < 4.78 is 38.6. The highest BCUT2D eigenvalue weighted by Crippen LogP contribution is 2.40. The highest BCUT2D eigenvalue weighted by molar-refractivity contribution is 9.10. The number of alkyl halides is 3. The highest BCUT2D eigenvalue weighted by Gasteiger charge is 2.31. The summed E-state index contributed by atoms with van der Waals surface area (Å²) in [7, 11) is 0. The molecule has 24 heavy (non-hydrogen) atoms. The van der Waals surface area contributed by atoms with Crippen molar-refractivity contribution in [3.63, 3.8) is 0 Å². The molecule has 128 valence electrons. The molecule has 0 atom stereocenters. The van der Waals surface area contributed by atoms with Gasteiger partial charge >= 0.3 is 6.18 Å². The maximum atomic E-state index is 12.7. The molecule has 1 saturated carbocycles. The molecule has 8 heteroatoms. The average Bonchev–Trinajstić information content (AvgIpc) is 3.33. The number of rotatable bonds is 5. The van der Waals surface area contributed by atoms with E-state index < -0.39 is 11.7 Å². The molecule has 4 nitrogen and oxygen atoms in total. The number of aromatic nitrogens is 2. The number of benzene rings is 1. The number of nitrogens with one attached hydrogen (secondary N) is 2. The lowest BCUT2D eigenvalue weighted by molar-refractivity contribution is -0.137. The first kappa shape index (κ1) is 17.0. The lowest BCUT2D eigenvalue weighted by Crippen LogP contribution is -2.07. The summed E-state index contributed by atoms with van der Waals surface area (Å²) in [5, 5.41) is 6.15. The third kappa shape index (κ3) is 3.98. The van der Waals surface area contributed by atoms with Crippen LogP contribution in [-0.2, 0) is 6.18 Å². The fraction of sp³-hybridized carbons (Fsp3) is 0.375. The molecular formula is C16H16BrF3N4. The zero-order valence-corrected chi connectivity index (χ0v) is 14.5. The SMILES string of the molecule is CCNc1nc(Nc2ccc(C(F)(F)F)cc2Br)cc(C2CC2)n1. The van der Waals surface area contributed by atoms with Gasteiger partial charge in [-0.05, 0) is 53.9 Å². The van der Waals surface area contributed by atoms with Gasteiger partial charge in [0.2, 0.25) is 5.95 Å². The first-order chi connectivity index (χ1) is 11.4. The van der Waals surface area contributed by atoms with E-state index in [1.807, 2.05) is 13.0 Å². The van der Waals surface area contributed by atoms with Gasteiger partial charge in [0, 0.05) is 23.0 Å². The molecule has 0 saturated heterocycles. The van der Waals surface area contributed by atoms with E-state index in [1.54, 1.807) is 0 Å². The quantitative estimate of drug-likeness (QED) is 0.713. The predicted octanol–water partition coefficient (Wildman–Crippen LogP) is 5.31. The fourth-order valence-corrected chi connectivity index (χ4v) is 2.76. The number of nitrogens with zero attached hydrogens (tertiary/aromatic N) is 2. The van der Waals surface area contributed by atoms with Crippen LogP contribution in [0.4, 0.5) is 30.6 Å². The summed E-state index contributed by atoms with van der Waals surface area (Å²) in [6.07, 6.45) is -2.16. The molecule has 1 heterocycles. The van der Waals surface area contributed by atoms with Crippen LogP contribution in [0.2, 0.25) is 0 Å². The minimum absolute atomic E-state index is 0.328. The van der Waals surface area contributed by atoms with Crippen LogP contribution < -0.4 is 10.6 Å². The molecule has 3 rings (SSSR count). The van der Waals surface area contributed by atoms with Gasteiger partial charge in [-0.3, -0.25) is 0 Å². The normalized spacial score (nSPS) is 14.5. The molecule has 0 amide bonds. The Morgan fingerprint density at radius 3 is 2.54 bits per heavy atom. The zero-order chi connectivity index (χ0) is 17.3. The second kappa shape index (κ2) is 6.58. The molecule has 1 fully saturated rings. The van der Waals surface area contributed by atoms with Gasteiger partial charge in [0.25, 0.3) is 0 Å². The summed E-state index contributed by atoms with van der Waals surface area (Å²) in [4.78, 5) is 8.84. The summed E-state index contributed by atoms with van der Waals surface area (Å²) in [5.41, 5.74) is 0.770. The minimum atomic E-state index is -4.37. The van der Waals surface area contributed by atoms with Crippen molar-refractivity contribution < 1.29 is 13.2 Å². The standard InChI is InChI=1S/C16H16BrF3N4/c1-2-21-15-23-13(9-3-4-9)8-14(24-15)22-12-6-5-10(7-11(12)17)16(18,19)20/h5-9H,2-4H2,1H3,(H2,21,22,23,24). The summed E-state index contributed by atoms with van der Waals surface area (Å²) in [5.74, 6) is 1.53. The minimum Gasteiger partial charge on any atom is -0.354 e. The second-order valence-electron chi connectivity index (χ2n) is 5.62. The van der Waals surface area contributed by atoms with E-state index in [1.165, 1.54) is 6.07 Å². The van der Waals surface area contributed by atoms with E-state index in [-0.39, 0.29) is 0 Å². The van der Waals surface area contributed by atoms with Crippen LogP contribution in [0.3, 0.4) is 0 Å². The number of hydrogen-bond acceptors (Lipinski definition) is 4. The van der Waals surface area contributed by atoms with E-state index >= 15 is 0 Å². The largest absolute Gasteiger partial charge is 0.416 e. The van der Waals surface area contributed by atoms with Crippen LogP contribution in [0.15, 0.2) is 28.7 Å². The Labute approximate surface area is 146 Å². The van der Waals surface area contributed by atoms with Gasteiger partial charge in [0.1, 0.15) is 5.82 Å². The first-order valence-corrected chi connectivity index (χ1v) is 8.42. The van der Waals surface area contributed by atoms with Gasteiger partial charge in [0.15, 0.2) is 0 Å². The van der Waals surface area contributed by atoms with Gasteiger partial charge in [-0.25, -0.2) is 4.98 Å². The Hall–Kier alpha value is -1.83. The molecule has 1 aliphatic rings. The predicted molar refractivity (Wildman–Crippen MR) is 90.6 cm³/mol. The molecule has 0 radical (unpaired) electrons. The first-order valence-electron chi connectivity index (χ1n) is 7.63. The van der Waals surface area contributed by atoms with E-state index in [0.29, 0.717) is 34.4 Å². The van der Waals surface area contributed by atoms with Crippen molar-refractivity contribution in [2.45, 2.75) is 31.9 Å². The van der Waals surface area contributed by atoms with Gasteiger partial charge in [-0.1, -0.05) is 0 Å². The second-order valence-corrected chi connectivity index (χ2v) is 6.48. The molecule has 1 aromatic carbocycles. The van der Waals surface area contributed by atoms with Gasteiger partial charge in [-0.2, -0.15) is 18.2 Å². The van der Waals surface area contributed by atoms with Gasteiger partial charge < -0.3 is 10.6 Å². The smallest absolute Gasteiger partial charge is 0.354 e. The number of anilines is 3. The van der Waals surface area contributed by atoms with Crippen molar-refractivity contribution in [1.82, 2.24) is 9.97 Å². The van der Waals surface area contributed by atoms with Crippen LogP contribution in [0, 0.1) is 0 Å². The van der Waals surface area contributed by atoms with Crippen molar-refractivity contribution in [3.05, 3.63) is 40.0 Å². The topological polar surface area (TPSA) is 49.8 Å². The molecule has 1 aromatic heterocycles. The molecule has 0 spiro atoms. The van der Waals surface area contributed by atoms with E-state index in [4.69, 9.17) is 0 Å². The maximum Gasteiger partial charge on any atom is 0.416 e. The summed E-state index contributed by atoms with van der Waals surface area (Å²) >= 11 is 3.18. The molecular weight excluding hydrogens is 385 g/mol. The third-order valence-electron chi connectivity index (χ3n) is 3.64. The van der Waals surface area contributed by atoms with Crippen LogP contribution in [0.5, 0.6) is 0 Å². The average molecular weight is 401 g/mol. The van der Waals surface area contributed by atoms with E-state index in [0.717, 1.165) is 30.7 Å². The van der Waals surface area contributed by atoms with Crippen LogP contribution in [0.1, 0.15) is 36.9 Å². The monoisotopic (exact) mass is 400 g/mol.